The van der Waals surface area contributed by atoms with Crippen molar-refractivity contribution in [1.29, 1.82) is 0 Å². The number of nitrogens with one attached hydrogen (secondary N) is 1. The fourth-order valence-electron chi connectivity index (χ4n) is 2.75. The van der Waals surface area contributed by atoms with Gasteiger partial charge in [-0.15, -0.1) is 0 Å². The second-order valence-electron chi connectivity index (χ2n) is 5.90. The van der Waals surface area contributed by atoms with Crippen LogP contribution in [0.2, 0.25) is 5.02 Å². The summed E-state index contributed by atoms with van der Waals surface area (Å²) < 4.78 is 16.0. The Labute approximate surface area is 160 Å². The molecule has 2 aromatic carbocycles. The highest BCUT2D eigenvalue weighted by Gasteiger charge is 2.18. The van der Waals surface area contributed by atoms with Crippen molar-refractivity contribution in [2.24, 2.45) is 0 Å². The van der Waals surface area contributed by atoms with Crippen LogP contribution in [0.5, 0.6) is 17.2 Å². The molecule has 0 aliphatic carbocycles. The molecule has 0 saturated carbocycles. The maximum absolute atomic E-state index is 12.2. The minimum atomic E-state index is -1.09. The van der Waals surface area contributed by atoms with Crippen LogP contribution in [0.3, 0.4) is 0 Å². The highest BCUT2D eigenvalue weighted by Crippen LogP contribution is 2.38. The topological polar surface area (TPSA) is 94.1 Å². The van der Waals surface area contributed by atoms with Crippen molar-refractivity contribution in [2.75, 3.05) is 20.3 Å². The third-order valence-corrected chi connectivity index (χ3v) is 4.29. The molecule has 0 unspecified atom stereocenters. The van der Waals surface area contributed by atoms with E-state index in [1.165, 1.54) is 13.2 Å². The first-order chi connectivity index (χ1) is 13.0. The standard InChI is InChI=1S/C19H18ClNO6/c1-25-15-3-2-11(6-13(15)19(23)24)10-21-17(22)9-12-7-14(20)18-16(8-12)26-4-5-27-18/h2-3,6-8H,4-5,9-10H2,1H3,(H,21,22)(H,23,24). The molecule has 1 aliphatic rings. The van der Waals surface area contributed by atoms with E-state index in [1.807, 2.05) is 0 Å². The summed E-state index contributed by atoms with van der Waals surface area (Å²) in [6.45, 7) is 1.07. The SMILES string of the molecule is COc1ccc(CNC(=O)Cc2cc(Cl)c3c(c2)OCCO3)cc1C(=O)O. The van der Waals surface area contributed by atoms with Crippen molar-refractivity contribution in [1.82, 2.24) is 5.32 Å². The molecule has 0 atom stereocenters. The summed E-state index contributed by atoms with van der Waals surface area (Å²) in [5.41, 5.74) is 1.40. The number of benzene rings is 2. The van der Waals surface area contributed by atoms with Gasteiger partial charge in [0, 0.05) is 6.54 Å². The van der Waals surface area contributed by atoms with E-state index >= 15 is 0 Å². The van der Waals surface area contributed by atoms with Gasteiger partial charge in [0.25, 0.3) is 0 Å². The third kappa shape index (κ3) is 4.43. The quantitative estimate of drug-likeness (QED) is 0.786. The summed E-state index contributed by atoms with van der Waals surface area (Å²) >= 11 is 6.18. The van der Waals surface area contributed by atoms with Gasteiger partial charge in [-0.3, -0.25) is 4.79 Å². The van der Waals surface area contributed by atoms with Crippen molar-refractivity contribution >= 4 is 23.5 Å². The second-order valence-corrected chi connectivity index (χ2v) is 6.30. The molecule has 3 rings (SSSR count). The highest BCUT2D eigenvalue weighted by atomic mass is 35.5. The number of carboxylic acid groups (broad SMARTS) is 1. The van der Waals surface area contributed by atoms with Crippen LogP contribution in [-0.2, 0) is 17.8 Å². The predicted octanol–water partition coefficient (Wildman–Crippen LogP) is 2.68. The second kappa shape index (κ2) is 8.18. The first-order valence-corrected chi connectivity index (χ1v) is 8.60. The Morgan fingerprint density at radius 2 is 1.96 bits per heavy atom. The van der Waals surface area contributed by atoms with Crippen LogP contribution < -0.4 is 19.5 Å². The molecule has 0 spiro atoms. The van der Waals surface area contributed by atoms with Gasteiger partial charge in [-0.05, 0) is 35.4 Å². The summed E-state index contributed by atoms with van der Waals surface area (Å²) in [5, 5.41) is 12.4. The summed E-state index contributed by atoms with van der Waals surface area (Å²) in [6.07, 6.45) is 0.109. The van der Waals surface area contributed by atoms with Gasteiger partial charge < -0.3 is 24.6 Å². The number of carbonyl (C=O) groups is 2. The molecule has 142 valence electrons. The van der Waals surface area contributed by atoms with E-state index in [-0.39, 0.29) is 30.2 Å². The van der Waals surface area contributed by atoms with Crippen molar-refractivity contribution in [3.8, 4) is 17.2 Å². The Morgan fingerprint density at radius 3 is 2.70 bits per heavy atom. The smallest absolute Gasteiger partial charge is 0.339 e. The summed E-state index contributed by atoms with van der Waals surface area (Å²) in [7, 11) is 1.40. The molecule has 0 saturated heterocycles. The van der Waals surface area contributed by atoms with Gasteiger partial charge in [-0.2, -0.15) is 0 Å². The van der Waals surface area contributed by atoms with Crippen LogP contribution in [-0.4, -0.2) is 37.3 Å². The van der Waals surface area contributed by atoms with E-state index < -0.39 is 5.97 Å². The molecule has 0 radical (unpaired) electrons. The number of aromatic carboxylic acids is 1. The molecule has 27 heavy (non-hydrogen) atoms. The van der Waals surface area contributed by atoms with Crippen LogP contribution in [0, 0.1) is 0 Å². The van der Waals surface area contributed by atoms with Crippen LogP contribution in [0.15, 0.2) is 30.3 Å². The fourth-order valence-corrected chi connectivity index (χ4v) is 3.03. The van der Waals surface area contributed by atoms with Gasteiger partial charge in [0.15, 0.2) is 11.5 Å². The van der Waals surface area contributed by atoms with Gasteiger partial charge in [0.1, 0.15) is 24.5 Å². The molecule has 7 nitrogen and oxygen atoms in total. The lowest BCUT2D eigenvalue weighted by Crippen LogP contribution is -2.25. The minimum absolute atomic E-state index is 0.0443. The lowest BCUT2D eigenvalue weighted by molar-refractivity contribution is -0.120. The van der Waals surface area contributed by atoms with E-state index in [2.05, 4.69) is 5.32 Å². The fraction of sp³-hybridized carbons (Fsp3) is 0.263. The van der Waals surface area contributed by atoms with E-state index in [9.17, 15) is 14.7 Å². The Kier molecular flexibility index (Phi) is 5.71. The largest absolute Gasteiger partial charge is 0.496 e. The first-order valence-electron chi connectivity index (χ1n) is 8.23. The van der Waals surface area contributed by atoms with Crippen LogP contribution >= 0.6 is 11.6 Å². The van der Waals surface area contributed by atoms with Gasteiger partial charge >= 0.3 is 5.97 Å². The lowest BCUT2D eigenvalue weighted by atomic mass is 10.1. The Hall–Kier alpha value is -2.93. The summed E-state index contributed by atoms with van der Waals surface area (Å²) in [4.78, 5) is 23.5. The molecule has 1 heterocycles. The number of carbonyl (C=O) groups excluding carboxylic acids is 1. The number of amides is 1. The molecule has 2 aromatic rings. The molecular weight excluding hydrogens is 374 g/mol. The van der Waals surface area contributed by atoms with Crippen LogP contribution in [0.25, 0.3) is 0 Å². The molecule has 1 aliphatic heterocycles. The Bertz CT molecular complexity index is 883. The summed E-state index contributed by atoms with van der Waals surface area (Å²) in [5.74, 6) is -0.0332. The number of fused-ring (bicyclic) bond motifs is 1. The normalized spacial score (nSPS) is 12.4. The molecule has 2 N–H and O–H groups in total. The number of carboxylic acids is 1. The highest BCUT2D eigenvalue weighted by molar-refractivity contribution is 6.32. The van der Waals surface area contributed by atoms with Crippen LogP contribution in [0.4, 0.5) is 0 Å². The number of ether oxygens (including phenoxy) is 3. The average Bonchev–Trinajstić information content (AvgIpc) is 2.66. The zero-order valence-electron chi connectivity index (χ0n) is 14.6. The number of hydrogen-bond acceptors (Lipinski definition) is 5. The lowest BCUT2D eigenvalue weighted by Gasteiger charge is -2.20. The third-order valence-electron chi connectivity index (χ3n) is 4.01. The molecule has 0 fully saturated rings. The van der Waals surface area contributed by atoms with Gasteiger partial charge in [-0.1, -0.05) is 17.7 Å². The molecular formula is C19H18ClNO6. The average molecular weight is 392 g/mol. The maximum atomic E-state index is 12.2. The number of rotatable bonds is 6. The number of halogens is 1. The van der Waals surface area contributed by atoms with Crippen molar-refractivity contribution in [3.63, 3.8) is 0 Å². The van der Waals surface area contributed by atoms with E-state index in [1.54, 1.807) is 24.3 Å². The first kappa shape index (κ1) is 18.8. The molecule has 0 bridgehead atoms. The Balaban J connectivity index is 1.64. The monoisotopic (exact) mass is 391 g/mol. The zero-order chi connectivity index (χ0) is 19.4. The van der Waals surface area contributed by atoms with Crippen molar-refractivity contribution < 1.29 is 28.9 Å². The van der Waals surface area contributed by atoms with Gasteiger partial charge in [-0.25, -0.2) is 4.79 Å². The van der Waals surface area contributed by atoms with Gasteiger partial charge in [0.2, 0.25) is 5.91 Å². The van der Waals surface area contributed by atoms with E-state index in [0.717, 1.165) is 0 Å². The number of hydrogen-bond donors (Lipinski definition) is 2. The maximum Gasteiger partial charge on any atom is 0.339 e. The van der Waals surface area contributed by atoms with Gasteiger partial charge in [0.05, 0.1) is 18.6 Å². The summed E-state index contributed by atoms with van der Waals surface area (Å²) in [6, 6.07) is 8.14. The predicted molar refractivity (Wildman–Crippen MR) is 97.9 cm³/mol. The van der Waals surface area contributed by atoms with E-state index in [0.29, 0.717) is 40.9 Å². The molecule has 0 aromatic heterocycles. The Morgan fingerprint density at radius 1 is 1.19 bits per heavy atom. The van der Waals surface area contributed by atoms with Crippen LogP contribution in [0.1, 0.15) is 21.5 Å². The zero-order valence-corrected chi connectivity index (χ0v) is 15.3. The van der Waals surface area contributed by atoms with Crippen molar-refractivity contribution in [2.45, 2.75) is 13.0 Å². The number of methoxy groups -OCH3 is 1. The molecule has 8 heteroatoms. The van der Waals surface area contributed by atoms with Crippen molar-refractivity contribution in [3.05, 3.63) is 52.0 Å². The van der Waals surface area contributed by atoms with E-state index in [4.69, 9.17) is 25.8 Å². The molecule has 1 amide bonds. The minimum Gasteiger partial charge on any atom is -0.496 e.